The van der Waals surface area contributed by atoms with E-state index in [1.54, 1.807) is 44.4 Å². The third-order valence-electron chi connectivity index (χ3n) is 6.42. The highest BCUT2D eigenvalue weighted by Gasteiger charge is 2.27. The van der Waals surface area contributed by atoms with E-state index >= 15 is 0 Å². The molecule has 0 spiro atoms. The Morgan fingerprint density at radius 3 is 2.71 bits per heavy atom. The fourth-order valence-electron chi connectivity index (χ4n) is 4.64. The normalized spacial score (nSPS) is 12.6. The van der Waals surface area contributed by atoms with Crippen LogP contribution in [-0.2, 0) is 22.4 Å². The number of carbonyl (C=O) groups is 2. The Morgan fingerprint density at radius 1 is 1.08 bits per heavy atom. The van der Waals surface area contributed by atoms with Crippen molar-refractivity contribution in [2.45, 2.75) is 32.6 Å². The summed E-state index contributed by atoms with van der Waals surface area (Å²) in [4.78, 5) is 39.6. The second kappa shape index (κ2) is 11.1. The number of carbonyl (C=O) groups excluding carboxylic acids is 2. The molecule has 4 aromatic rings. The molecule has 9 heteroatoms. The quantitative estimate of drug-likeness (QED) is 0.294. The van der Waals surface area contributed by atoms with Crippen LogP contribution in [0.2, 0.25) is 0 Å². The zero-order valence-corrected chi connectivity index (χ0v) is 21.9. The Morgan fingerprint density at radius 2 is 1.89 bits per heavy atom. The molecule has 38 heavy (non-hydrogen) atoms. The first-order valence-corrected chi connectivity index (χ1v) is 13.2. The number of benzene rings is 2. The lowest BCUT2D eigenvalue weighted by molar-refractivity contribution is -0.118. The number of amides is 1. The molecule has 1 N–H and O–H groups in total. The van der Waals surface area contributed by atoms with E-state index in [2.05, 4.69) is 5.32 Å². The van der Waals surface area contributed by atoms with Crippen molar-refractivity contribution in [1.29, 1.82) is 0 Å². The Kier molecular flexibility index (Phi) is 7.46. The standard InChI is InChI=1S/C29H27NO7S/c1-3-35-29(33)26-20-9-5-7-11-24(20)38-28(26)30-25(31)16-36-17-12-13-19-23(14-17)37-15-21(27(19)32)18-8-4-6-10-22(18)34-2/h4,6,8,10,12-15H,3,5,7,9,11,16H2,1-2H3,(H,30,31). The summed E-state index contributed by atoms with van der Waals surface area (Å²) in [5.41, 5.74) is 2.60. The lowest BCUT2D eigenvalue weighted by Gasteiger charge is -2.12. The average Bonchev–Trinajstić information content (AvgIpc) is 3.30. The maximum atomic E-state index is 13.1. The van der Waals surface area contributed by atoms with Crippen molar-refractivity contribution in [2.24, 2.45) is 0 Å². The summed E-state index contributed by atoms with van der Waals surface area (Å²) in [6.07, 6.45) is 5.15. The van der Waals surface area contributed by atoms with Gasteiger partial charge in [-0.1, -0.05) is 18.2 Å². The number of anilines is 1. The molecule has 0 saturated heterocycles. The maximum absolute atomic E-state index is 13.1. The van der Waals surface area contributed by atoms with Gasteiger partial charge < -0.3 is 23.9 Å². The van der Waals surface area contributed by atoms with Gasteiger partial charge in [-0.25, -0.2) is 4.79 Å². The van der Waals surface area contributed by atoms with E-state index in [1.165, 1.54) is 17.6 Å². The van der Waals surface area contributed by atoms with Crippen molar-refractivity contribution in [2.75, 3.05) is 25.6 Å². The monoisotopic (exact) mass is 533 g/mol. The van der Waals surface area contributed by atoms with Crippen LogP contribution in [0.5, 0.6) is 11.5 Å². The summed E-state index contributed by atoms with van der Waals surface area (Å²) in [6, 6.07) is 12.0. The minimum atomic E-state index is -0.417. The second-order valence-corrected chi connectivity index (χ2v) is 9.91. The van der Waals surface area contributed by atoms with Gasteiger partial charge in [0, 0.05) is 16.5 Å². The van der Waals surface area contributed by atoms with Crippen LogP contribution in [-0.4, -0.2) is 32.2 Å². The molecule has 2 aromatic heterocycles. The van der Waals surface area contributed by atoms with E-state index in [-0.39, 0.29) is 18.6 Å². The molecule has 0 aliphatic heterocycles. The number of esters is 1. The highest BCUT2D eigenvalue weighted by atomic mass is 32.1. The van der Waals surface area contributed by atoms with Gasteiger partial charge in [-0.15, -0.1) is 11.3 Å². The van der Waals surface area contributed by atoms with Crippen LogP contribution < -0.4 is 20.2 Å². The lowest BCUT2D eigenvalue weighted by atomic mass is 9.95. The van der Waals surface area contributed by atoms with Gasteiger partial charge in [-0.05, 0) is 56.4 Å². The van der Waals surface area contributed by atoms with Crippen molar-refractivity contribution < 1.29 is 28.2 Å². The fraction of sp³-hybridized carbons (Fsp3) is 0.276. The van der Waals surface area contributed by atoms with Crippen molar-refractivity contribution in [3.05, 3.63) is 75.0 Å². The third-order valence-corrected chi connectivity index (χ3v) is 7.62. The Balaban J connectivity index is 1.32. The van der Waals surface area contributed by atoms with Crippen LogP contribution in [0, 0.1) is 0 Å². The van der Waals surface area contributed by atoms with E-state index in [0.717, 1.165) is 36.1 Å². The van der Waals surface area contributed by atoms with Gasteiger partial charge in [-0.2, -0.15) is 0 Å². The molecular formula is C29H27NO7S. The summed E-state index contributed by atoms with van der Waals surface area (Å²) in [5, 5.41) is 3.71. The smallest absolute Gasteiger partial charge is 0.341 e. The number of rotatable bonds is 8. The molecule has 0 bridgehead atoms. The van der Waals surface area contributed by atoms with E-state index in [0.29, 0.717) is 44.2 Å². The van der Waals surface area contributed by atoms with Crippen molar-refractivity contribution in [3.8, 4) is 22.6 Å². The van der Waals surface area contributed by atoms with Gasteiger partial charge >= 0.3 is 5.97 Å². The van der Waals surface area contributed by atoms with Crippen LogP contribution in [0.15, 0.2) is 57.9 Å². The molecular weight excluding hydrogens is 506 g/mol. The van der Waals surface area contributed by atoms with E-state index in [1.807, 2.05) is 12.1 Å². The first-order valence-electron chi connectivity index (χ1n) is 12.4. The molecule has 0 radical (unpaired) electrons. The number of fused-ring (bicyclic) bond motifs is 2. The van der Waals surface area contributed by atoms with E-state index in [9.17, 15) is 14.4 Å². The van der Waals surface area contributed by atoms with Crippen molar-refractivity contribution >= 4 is 39.2 Å². The molecule has 0 fully saturated rings. The van der Waals surface area contributed by atoms with Crippen LogP contribution in [0.25, 0.3) is 22.1 Å². The molecule has 196 valence electrons. The molecule has 1 aliphatic carbocycles. The largest absolute Gasteiger partial charge is 0.496 e. The first-order chi connectivity index (χ1) is 18.5. The van der Waals surface area contributed by atoms with Crippen LogP contribution in [0.3, 0.4) is 0 Å². The topological polar surface area (TPSA) is 104 Å². The minimum Gasteiger partial charge on any atom is -0.496 e. The summed E-state index contributed by atoms with van der Waals surface area (Å²) in [7, 11) is 1.55. The Bertz CT molecular complexity index is 1570. The number of hydrogen-bond acceptors (Lipinski definition) is 8. The highest BCUT2D eigenvalue weighted by molar-refractivity contribution is 7.17. The number of nitrogens with one attached hydrogen (secondary N) is 1. The molecule has 1 aliphatic rings. The van der Waals surface area contributed by atoms with E-state index < -0.39 is 11.9 Å². The maximum Gasteiger partial charge on any atom is 0.341 e. The van der Waals surface area contributed by atoms with Crippen LogP contribution in [0.1, 0.15) is 40.6 Å². The predicted octanol–water partition coefficient (Wildman–Crippen LogP) is 5.60. The molecule has 1 amide bonds. The summed E-state index contributed by atoms with van der Waals surface area (Å²) in [5.74, 6) is 0.127. The molecule has 5 rings (SSSR count). The van der Waals surface area contributed by atoms with Gasteiger partial charge in [-0.3, -0.25) is 9.59 Å². The number of hydrogen-bond donors (Lipinski definition) is 1. The van der Waals surface area contributed by atoms with Gasteiger partial charge in [0.2, 0.25) is 5.43 Å². The summed E-state index contributed by atoms with van der Waals surface area (Å²) in [6.45, 7) is 1.74. The minimum absolute atomic E-state index is 0.201. The number of ether oxygens (including phenoxy) is 3. The molecule has 0 atom stereocenters. The zero-order chi connectivity index (χ0) is 26.6. The zero-order valence-electron chi connectivity index (χ0n) is 21.1. The van der Waals surface area contributed by atoms with Crippen molar-refractivity contribution in [1.82, 2.24) is 0 Å². The fourth-order valence-corrected chi connectivity index (χ4v) is 5.93. The van der Waals surface area contributed by atoms with Crippen LogP contribution in [0.4, 0.5) is 5.00 Å². The SMILES string of the molecule is CCOC(=O)c1c(NC(=O)COc2ccc3c(=O)c(-c4ccccc4OC)coc3c2)sc2c1CCCC2. The lowest BCUT2D eigenvalue weighted by Crippen LogP contribution is -2.21. The Labute approximate surface area is 223 Å². The number of para-hydroxylation sites is 1. The number of thiophene rings is 1. The predicted molar refractivity (Wildman–Crippen MR) is 146 cm³/mol. The van der Waals surface area contributed by atoms with Crippen LogP contribution >= 0.6 is 11.3 Å². The van der Waals surface area contributed by atoms with Gasteiger partial charge in [0.15, 0.2) is 6.61 Å². The second-order valence-electron chi connectivity index (χ2n) is 8.81. The molecule has 2 aromatic carbocycles. The number of aryl methyl sites for hydroxylation is 1. The summed E-state index contributed by atoms with van der Waals surface area (Å²) < 4.78 is 22.1. The molecule has 0 unspecified atom stereocenters. The third kappa shape index (κ3) is 5.02. The van der Waals surface area contributed by atoms with Gasteiger partial charge in [0.1, 0.15) is 28.3 Å². The molecule has 8 nitrogen and oxygen atoms in total. The average molecular weight is 534 g/mol. The van der Waals surface area contributed by atoms with Gasteiger partial charge in [0.25, 0.3) is 5.91 Å². The van der Waals surface area contributed by atoms with Gasteiger partial charge in [0.05, 0.1) is 30.2 Å². The molecule has 2 heterocycles. The summed E-state index contributed by atoms with van der Waals surface area (Å²) >= 11 is 1.42. The number of methoxy groups -OCH3 is 1. The first kappa shape index (κ1) is 25.5. The highest BCUT2D eigenvalue weighted by Crippen LogP contribution is 2.38. The van der Waals surface area contributed by atoms with E-state index in [4.69, 9.17) is 18.6 Å². The Hall–Kier alpha value is -4.11. The molecule has 0 saturated carbocycles. The van der Waals surface area contributed by atoms with Crippen molar-refractivity contribution in [3.63, 3.8) is 0 Å².